The maximum Gasteiger partial charge on any atom is 0.138 e. The van der Waals surface area contributed by atoms with Crippen LogP contribution in [0.3, 0.4) is 0 Å². The number of hydrogen-bond acceptors (Lipinski definition) is 2. The van der Waals surface area contributed by atoms with Crippen LogP contribution < -0.4 is 10.5 Å². The molecule has 2 nitrogen and oxygen atoms in total. The number of rotatable bonds is 5. The van der Waals surface area contributed by atoms with Gasteiger partial charge in [-0.3, -0.25) is 0 Å². The van der Waals surface area contributed by atoms with E-state index in [2.05, 4.69) is 6.92 Å². The van der Waals surface area contributed by atoms with Crippen LogP contribution >= 0.6 is 11.6 Å². The van der Waals surface area contributed by atoms with Gasteiger partial charge in [-0.05, 0) is 24.6 Å². The Kier molecular flexibility index (Phi) is 4.85. The van der Waals surface area contributed by atoms with Crippen molar-refractivity contribution in [2.75, 3.05) is 6.54 Å². The van der Waals surface area contributed by atoms with Gasteiger partial charge < -0.3 is 10.5 Å². The molecule has 2 N–H and O–H groups in total. The highest BCUT2D eigenvalue weighted by atomic mass is 35.5. The first kappa shape index (κ1) is 12.3. The van der Waals surface area contributed by atoms with Gasteiger partial charge in [0.25, 0.3) is 0 Å². The standard InChI is InChI=1S/C11H15ClFNO/c1-2-3-9(7-14)15-11-5-4-8(13)6-10(11)12/h4-6,9H,2-3,7,14H2,1H3. The molecule has 4 heteroatoms. The van der Waals surface area contributed by atoms with Crippen molar-refractivity contribution in [3.8, 4) is 5.75 Å². The van der Waals surface area contributed by atoms with Crippen molar-refractivity contribution in [2.24, 2.45) is 5.73 Å². The van der Waals surface area contributed by atoms with Gasteiger partial charge in [0, 0.05) is 6.54 Å². The molecule has 0 saturated heterocycles. The van der Waals surface area contributed by atoms with Gasteiger partial charge in [-0.15, -0.1) is 0 Å². The molecule has 0 spiro atoms. The number of ether oxygens (including phenoxy) is 1. The molecule has 1 atom stereocenters. The minimum absolute atomic E-state index is 0.0574. The van der Waals surface area contributed by atoms with Gasteiger partial charge in [0.05, 0.1) is 5.02 Å². The molecule has 0 radical (unpaired) electrons. The van der Waals surface area contributed by atoms with E-state index in [1.54, 1.807) is 0 Å². The first-order valence-corrected chi connectivity index (χ1v) is 5.37. The lowest BCUT2D eigenvalue weighted by molar-refractivity contribution is 0.198. The predicted octanol–water partition coefficient (Wildman–Crippen LogP) is 2.99. The van der Waals surface area contributed by atoms with Crippen LogP contribution in [0.2, 0.25) is 5.02 Å². The predicted molar refractivity (Wildman–Crippen MR) is 59.8 cm³/mol. The van der Waals surface area contributed by atoms with E-state index in [0.29, 0.717) is 12.3 Å². The first-order chi connectivity index (χ1) is 7.17. The summed E-state index contributed by atoms with van der Waals surface area (Å²) in [7, 11) is 0. The molecule has 0 amide bonds. The summed E-state index contributed by atoms with van der Waals surface area (Å²) in [4.78, 5) is 0. The lowest BCUT2D eigenvalue weighted by atomic mass is 10.2. The van der Waals surface area contributed by atoms with Gasteiger partial charge in [0.2, 0.25) is 0 Å². The van der Waals surface area contributed by atoms with Crippen LogP contribution in [0.1, 0.15) is 19.8 Å². The minimum Gasteiger partial charge on any atom is -0.488 e. The lowest BCUT2D eigenvalue weighted by Gasteiger charge is -2.17. The molecule has 15 heavy (non-hydrogen) atoms. The molecule has 84 valence electrons. The molecule has 1 unspecified atom stereocenters. The Hall–Kier alpha value is -0.800. The highest BCUT2D eigenvalue weighted by Crippen LogP contribution is 2.26. The second kappa shape index (κ2) is 5.93. The molecule has 0 saturated carbocycles. The van der Waals surface area contributed by atoms with E-state index in [1.165, 1.54) is 18.2 Å². The zero-order valence-corrected chi connectivity index (χ0v) is 9.43. The maximum absolute atomic E-state index is 12.8. The highest BCUT2D eigenvalue weighted by molar-refractivity contribution is 6.32. The third-order valence-corrected chi connectivity index (χ3v) is 2.36. The van der Waals surface area contributed by atoms with Crippen LogP contribution in [0.25, 0.3) is 0 Å². The van der Waals surface area contributed by atoms with E-state index in [1.807, 2.05) is 0 Å². The van der Waals surface area contributed by atoms with E-state index in [4.69, 9.17) is 22.1 Å². The summed E-state index contributed by atoms with van der Waals surface area (Å²) in [5.74, 6) is 0.120. The normalized spacial score (nSPS) is 12.5. The van der Waals surface area contributed by atoms with Crippen molar-refractivity contribution < 1.29 is 9.13 Å². The first-order valence-electron chi connectivity index (χ1n) is 4.99. The van der Waals surface area contributed by atoms with Gasteiger partial charge in [0.15, 0.2) is 0 Å². The Labute approximate surface area is 94.2 Å². The fraction of sp³-hybridized carbons (Fsp3) is 0.455. The number of hydrogen-bond donors (Lipinski definition) is 1. The Morgan fingerprint density at radius 2 is 2.27 bits per heavy atom. The van der Waals surface area contributed by atoms with E-state index >= 15 is 0 Å². The molecule has 0 fully saturated rings. The number of nitrogens with two attached hydrogens (primary N) is 1. The van der Waals surface area contributed by atoms with Crippen LogP contribution in [0, 0.1) is 5.82 Å². The van der Waals surface area contributed by atoms with Crippen molar-refractivity contribution in [1.29, 1.82) is 0 Å². The van der Waals surface area contributed by atoms with E-state index < -0.39 is 0 Å². The molecule has 1 aromatic carbocycles. The maximum atomic E-state index is 12.8. The van der Waals surface area contributed by atoms with Gasteiger partial charge in [0.1, 0.15) is 17.7 Å². The molecular formula is C11H15ClFNO. The molecule has 0 aliphatic carbocycles. The van der Waals surface area contributed by atoms with E-state index in [-0.39, 0.29) is 16.9 Å². The Balaban J connectivity index is 2.70. The van der Waals surface area contributed by atoms with Crippen LogP contribution in [-0.2, 0) is 0 Å². The highest BCUT2D eigenvalue weighted by Gasteiger charge is 2.10. The zero-order chi connectivity index (χ0) is 11.3. The average molecular weight is 232 g/mol. The van der Waals surface area contributed by atoms with Crippen molar-refractivity contribution >= 4 is 11.6 Å². The minimum atomic E-state index is -0.368. The Morgan fingerprint density at radius 3 is 2.80 bits per heavy atom. The quantitative estimate of drug-likeness (QED) is 0.846. The molecule has 0 aromatic heterocycles. The molecule has 0 bridgehead atoms. The largest absolute Gasteiger partial charge is 0.488 e. The van der Waals surface area contributed by atoms with Gasteiger partial charge in [-0.2, -0.15) is 0 Å². The third-order valence-electron chi connectivity index (χ3n) is 2.06. The molecule has 1 rings (SSSR count). The third kappa shape index (κ3) is 3.68. The van der Waals surface area contributed by atoms with Crippen LogP contribution in [0.4, 0.5) is 4.39 Å². The monoisotopic (exact) mass is 231 g/mol. The van der Waals surface area contributed by atoms with Gasteiger partial charge in [-0.25, -0.2) is 4.39 Å². The van der Waals surface area contributed by atoms with Crippen molar-refractivity contribution in [3.63, 3.8) is 0 Å². The van der Waals surface area contributed by atoms with Crippen LogP contribution in [-0.4, -0.2) is 12.6 Å². The summed E-state index contributed by atoms with van der Waals surface area (Å²) in [5, 5.41) is 0.282. The summed E-state index contributed by atoms with van der Waals surface area (Å²) in [5.41, 5.74) is 5.54. The fourth-order valence-electron chi connectivity index (χ4n) is 1.30. The van der Waals surface area contributed by atoms with Gasteiger partial charge >= 0.3 is 0 Å². The molecule has 0 heterocycles. The summed E-state index contributed by atoms with van der Waals surface area (Å²) < 4.78 is 18.3. The van der Waals surface area contributed by atoms with Crippen molar-refractivity contribution in [3.05, 3.63) is 29.0 Å². The SMILES string of the molecule is CCCC(CN)Oc1ccc(F)cc1Cl. The second-order valence-corrected chi connectivity index (χ2v) is 3.75. The summed E-state index contributed by atoms with van der Waals surface area (Å²) in [6.07, 6.45) is 1.79. The molecular weight excluding hydrogens is 217 g/mol. The van der Waals surface area contributed by atoms with Crippen LogP contribution in [0.5, 0.6) is 5.75 Å². The number of benzene rings is 1. The smallest absolute Gasteiger partial charge is 0.138 e. The van der Waals surface area contributed by atoms with Crippen molar-refractivity contribution in [2.45, 2.75) is 25.9 Å². The number of halogens is 2. The molecule has 1 aromatic rings. The molecule has 0 aliphatic heterocycles. The molecule has 0 aliphatic rings. The lowest BCUT2D eigenvalue weighted by Crippen LogP contribution is -2.26. The average Bonchev–Trinajstić information content (AvgIpc) is 2.21. The second-order valence-electron chi connectivity index (χ2n) is 3.34. The van der Waals surface area contributed by atoms with Crippen molar-refractivity contribution in [1.82, 2.24) is 0 Å². The topological polar surface area (TPSA) is 35.2 Å². The van der Waals surface area contributed by atoms with E-state index in [0.717, 1.165) is 12.8 Å². The van der Waals surface area contributed by atoms with Crippen LogP contribution in [0.15, 0.2) is 18.2 Å². The zero-order valence-electron chi connectivity index (χ0n) is 8.67. The van der Waals surface area contributed by atoms with Gasteiger partial charge in [-0.1, -0.05) is 24.9 Å². The summed E-state index contributed by atoms with van der Waals surface area (Å²) in [6.45, 7) is 2.49. The Bertz CT molecular complexity index is 319. The summed E-state index contributed by atoms with van der Waals surface area (Å²) in [6, 6.07) is 4.08. The van der Waals surface area contributed by atoms with E-state index in [9.17, 15) is 4.39 Å². The Morgan fingerprint density at radius 1 is 1.53 bits per heavy atom. The summed E-state index contributed by atoms with van der Waals surface area (Å²) >= 11 is 5.82. The fourth-order valence-corrected chi connectivity index (χ4v) is 1.51.